The monoisotopic (exact) mass is 241 g/mol. The highest BCUT2D eigenvalue weighted by Crippen LogP contribution is 2.11. The summed E-state index contributed by atoms with van der Waals surface area (Å²) in [6.07, 6.45) is 0.143. The second-order valence-corrected chi connectivity index (χ2v) is 4.10. The van der Waals surface area contributed by atoms with Gasteiger partial charge >= 0.3 is 0 Å². The van der Waals surface area contributed by atoms with Crippen molar-refractivity contribution in [3.63, 3.8) is 0 Å². The first kappa shape index (κ1) is 13.8. The number of carbonyl (C=O) groups is 1. The molecule has 1 N–H and O–H groups in total. The molecule has 94 valence electrons. The van der Waals surface area contributed by atoms with Gasteiger partial charge in [0.15, 0.2) is 11.6 Å². The molecule has 0 saturated heterocycles. The number of halogens is 2. The first-order chi connectivity index (χ1) is 8.04. The van der Waals surface area contributed by atoms with E-state index >= 15 is 0 Å². The molecule has 1 aromatic rings. The number of rotatable bonds is 6. The minimum absolute atomic E-state index is 0.0250. The second-order valence-electron chi connectivity index (χ2n) is 4.10. The summed E-state index contributed by atoms with van der Waals surface area (Å²) in [5.41, 5.74) is 0.511. The minimum atomic E-state index is -0.908. The van der Waals surface area contributed by atoms with Crippen LogP contribution in [-0.4, -0.2) is 18.9 Å². The van der Waals surface area contributed by atoms with Crippen LogP contribution in [0.15, 0.2) is 18.2 Å². The molecule has 0 aromatic heterocycles. The lowest BCUT2D eigenvalue weighted by atomic mass is 9.99. The van der Waals surface area contributed by atoms with E-state index in [1.54, 1.807) is 0 Å². The summed E-state index contributed by atoms with van der Waals surface area (Å²) in [7, 11) is 0. The Morgan fingerprint density at radius 2 is 2.06 bits per heavy atom. The van der Waals surface area contributed by atoms with Crippen LogP contribution in [0.25, 0.3) is 0 Å². The average molecular weight is 241 g/mol. The molecule has 0 spiro atoms. The molecular formula is C13H17F2NO. The number of hydrogen-bond acceptors (Lipinski definition) is 2. The number of ketones is 1. The van der Waals surface area contributed by atoms with E-state index in [0.717, 1.165) is 18.7 Å². The fourth-order valence-corrected chi connectivity index (χ4v) is 1.50. The van der Waals surface area contributed by atoms with Gasteiger partial charge in [0.2, 0.25) is 0 Å². The van der Waals surface area contributed by atoms with E-state index in [1.807, 2.05) is 13.8 Å². The van der Waals surface area contributed by atoms with Crippen molar-refractivity contribution in [3.8, 4) is 0 Å². The number of Topliss-reactive ketones (excluding diaryl/α,β-unsaturated/α-hetero) is 1. The normalized spacial score (nSPS) is 12.5. The fourth-order valence-electron chi connectivity index (χ4n) is 1.50. The molecule has 0 aliphatic carbocycles. The Hall–Kier alpha value is -1.29. The van der Waals surface area contributed by atoms with Crippen molar-refractivity contribution in [1.29, 1.82) is 0 Å². The average Bonchev–Trinajstić information content (AvgIpc) is 2.30. The highest BCUT2D eigenvalue weighted by atomic mass is 19.2. The Morgan fingerprint density at radius 3 is 2.65 bits per heavy atom. The van der Waals surface area contributed by atoms with Gasteiger partial charge in [-0.25, -0.2) is 8.78 Å². The van der Waals surface area contributed by atoms with Gasteiger partial charge in [-0.15, -0.1) is 0 Å². The molecule has 0 saturated carbocycles. The maximum atomic E-state index is 12.9. The summed E-state index contributed by atoms with van der Waals surface area (Å²) in [6.45, 7) is 5.21. The van der Waals surface area contributed by atoms with Crippen LogP contribution < -0.4 is 5.32 Å². The van der Waals surface area contributed by atoms with Gasteiger partial charge < -0.3 is 5.32 Å². The van der Waals surface area contributed by atoms with Gasteiger partial charge in [0.05, 0.1) is 0 Å². The highest BCUT2D eigenvalue weighted by Gasteiger charge is 2.13. The Kier molecular flexibility index (Phi) is 5.22. The van der Waals surface area contributed by atoms with Crippen LogP contribution in [-0.2, 0) is 11.2 Å². The van der Waals surface area contributed by atoms with E-state index in [1.165, 1.54) is 6.07 Å². The van der Waals surface area contributed by atoms with Gasteiger partial charge in [0.1, 0.15) is 5.78 Å². The van der Waals surface area contributed by atoms with E-state index < -0.39 is 11.6 Å². The third kappa shape index (κ3) is 4.23. The zero-order valence-electron chi connectivity index (χ0n) is 10.1. The topological polar surface area (TPSA) is 29.1 Å². The Labute approximate surface area is 100 Å². The van der Waals surface area contributed by atoms with Gasteiger partial charge in [0, 0.05) is 18.9 Å². The maximum Gasteiger partial charge on any atom is 0.159 e. The molecule has 1 aromatic carbocycles. The summed E-state index contributed by atoms with van der Waals surface area (Å²) in [6, 6.07) is 3.57. The molecule has 0 amide bonds. The standard InChI is InChI=1S/C13H17F2NO/c1-3-16-8-9(2)13(17)7-10-4-5-11(14)12(15)6-10/h4-6,9,16H,3,7-8H2,1-2H3. The molecule has 1 unspecified atom stereocenters. The van der Waals surface area contributed by atoms with Crippen molar-refractivity contribution < 1.29 is 13.6 Å². The van der Waals surface area contributed by atoms with Crippen molar-refractivity contribution in [2.75, 3.05) is 13.1 Å². The van der Waals surface area contributed by atoms with E-state index in [4.69, 9.17) is 0 Å². The van der Waals surface area contributed by atoms with Gasteiger partial charge in [0.25, 0.3) is 0 Å². The zero-order valence-corrected chi connectivity index (χ0v) is 10.1. The van der Waals surface area contributed by atoms with Crippen LogP contribution in [0.1, 0.15) is 19.4 Å². The Balaban J connectivity index is 2.58. The quantitative estimate of drug-likeness (QED) is 0.828. The Morgan fingerprint density at radius 1 is 1.35 bits per heavy atom. The van der Waals surface area contributed by atoms with Crippen LogP contribution in [0.5, 0.6) is 0 Å². The number of carbonyl (C=O) groups excluding carboxylic acids is 1. The molecule has 17 heavy (non-hydrogen) atoms. The number of nitrogens with one attached hydrogen (secondary N) is 1. The van der Waals surface area contributed by atoms with Gasteiger partial charge in [-0.1, -0.05) is 19.9 Å². The van der Waals surface area contributed by atoms with E-state index in [0.29, 0.717) is 12.1 Å². The minimum Gasteiger partial charge on any atom is -0.316 e. The molecular weight excluding hydrogens is 224 g/mol. The molecule has 4 heteroatoms. The first-order valence-corrected chi connectivity index (χ1v) is 5.72. The van der Waals surface area contributed by atoms with Gasteiger partial charge in [-0.2, -0.15) is 0 Å². The van der Waals surface area contributed by atoms with Gasteiger partial charge in [-0.05, 0) is 24.2 Å². The summed E-state index contributed by atoms with van der Waals surface area (Å²) < 4.78 is 25.6. The second kappa shape index (κ2) is 6.45. The molecule has 0 radical (unpaired) electrons. The van der Waals surface area contributed by atoms with Crippen LogP contribution in [0.3, 0.4) is 0 Å². The molecule has 1 atom stereocenters. The lowest BCUT2D eigenvalue weighted by molar-refractivity contribution is -0.121. The zero-order chi connectivity index (χ0) is 12.8. The van der Waals surface area contributed by atoms with Crippen molar-refractivity contribution in [2.24, 2.45) is 5.92 Å². The lowest BCUT2D eigenvalue weighted by Gasteiger charge is -2.10. The maximum absolute atomic E-state index is 12.9. The molecule has 0 aliphatic heterocycles. The number of hydrogen-bond donors (Lipinski definition) is 1. The SMILES string of the molecule is CCNCC(C)C(=O)Cc1ccc(F)c(F)c1. The van der Waals surface area contributed by atoms with Crippen LogP contribution >= 0.6 is 0 Å². The largest absolute Gasteiger partial charge is 0.316 e. The summed E-state index contributed by atoms with van der Waals surface area (Å²) in [5, 5.41) is 3.08. The highest BCUT2D eigenvalue weighted by molar-refractivity contribution is 5.83. The Bertz CT molecular complexity index is 393. The molecule has 2 nitrogen and oxygen atoms in total. The van der Waals surface area contributed by atoms with E-state index in [9.17, 15) is 13.6 Å². The molecule has 0 heterocycles. The summed E-state index contributed by atoms with van der Waals surface area (Å²) in [4.78, 5) is 11.8. The van der Waals surface area contributed by atoms with Crippen molar-refractivity contribution in [1.82, 2.24) is 5.32 Å². The predicted octanol–water partition coefficient (Wildman–Crippen LogP) is 2.32. The van der Waals surface area contributed by atoms with Crippen molar-refractivity contribution >= 4 is 5.78 Å². The summed E-state index contributed by atoms with van der Waals surface area (Å²) in [5.74, 6) is -1.89. The third-order valence-corrected chi connectivity index (χ3v) is 2.61. The smallest absolute Gasteiger partial charge is 0.159 e. The van der Waals surface area contributed by atoms with Crippen LogP contribution in [0.4, 0.5) is 8.78 Å². The van der Waals surface area contributed by atoms with E-state index in [-0.39, 0.29) is 18.1 Å². The first-order valence-electron chi connectivity index (χ1n) is 5.72. The third-order valence-electron chi connectivity index (χ3n) is 2.61. The van der Waals surface area contributed by atoms with Crippen LogP contribution in [0.2, 0.25) is 0 Å². The fraction of sp³-hybridized carbons (Fsp3) is 0.462. The number of benzene rings is 1. The van der Waals surface area contributed by atoms with Crippen molar-refractivity contribution in [3.05, 3.63) is 35.4 Å². The van der Waals surface area contributed by atoms with Crippen LogP contribution in [0, 0.1) is 17.6 Å². The molecule has 0 fully saturated rings. The van der Waals surface area contributed by atoms with Crippen molar-refractivity contribution in [2.45, 2.75) is 20.3 Å². The predicted molar refractivity (Wildman–Crippen MR) is 62.8 cm³/mol. The molecule has 0 bridgehead atoms. The van der Waals surface area contributed by atoms with E-state index in [2.05, 4.69) is 5.32 Å². The lowest BCUT2D eigenvalue weighted by Crippen LogP contribution is -2.27. The molecule has 0 aliphatic rings. The summed E-state index contributed by atoms with van der Waals surface area (Å²) >= 11 is 0. The molecule has 1 rings (SSSR count). The van der Waals surface area contributed by atoms with Gasteiger partial charge in [-0.3, -0.25) is 4.79 Å².